The van der Waals surface area contributed by atoms with Gasteiger partial charge in [0.25, 0.3) is 5.91 Å². The van der Waals surface area contributed by atoms with Crippen molar-refractivity contribution < 1.29 is 14.3 Å². The summed E-state index contributed by atoms with van der Waals surface area (Å²) in [6, 6.07) is 1.28. The number of nitrogens with zero attached hydrogens (tertiary/aromatic N) is 1. The fraction of sp³-hybridized carbons (Fsp3) is 0.500. The van der Waals surface area contributed by atoms with Crippen molar-refractivity contribution in [2.45, 2.75) is 25.8 Å². The summed E-state index contributed by atoms with van der Waals surface area (Å²) in [5.41, 5.74) is -0.208. The molecule has 0 spiro atoms. The molecule has 2 amide bonds. The van der Waals surface area contributed by atoms with Gasteiger partial charge in [-0.25, -0.2) is 4.79 Å². The standard InChI is InChI=1S/C14H19N3O4/c1-2-21-14(20)17-7-4-10(5-8-17)16-13(19)11-9-15-6-3-12(11)18/h3,6,9-10H,2,4-5,7-8H2,1H3,(H,15,18)(H,16,19). The Morgan fingerprint density at radius 2 is 2.14 bits per heavy atom. The maximum atomic E-state index is 12.0. The minimum atomic E-state index is -0.383. The van der Waals surface area contributed by atoms with E-state index in [2.05, 4.69) is 10.3 Å². The molecule has 2 rings (SSSR count). The van der Waals surface area contributed by atoms with Crippen LogP contribution in [0, 0.1) is 0 Å². The van der Waals surface area contributed by atoms with Gasteiger partial charge in [0.05, 0.1) is 6.61 Å². The molecule has 0 aromatic carbocycles. The topological polar surface area (TPSA) is 91.5 Å². The van der Waals surface area contributed by atoms with Crippen LogP contribution in [0.3, 0.4) is 0 Å². The first-order valence-corrected chi connectivity index (χ1v) is 7.01. The number of aromatic nitrogens is 1. The van der Waals surface area contributed by atoms with Gasteiger partial charge < -0.3 is 19.9 Å². The zero-order chi connectivity index (χ0) is 15.2. The number of hydrogen-bond donors (Lipinski definition) is 2. The van der Waals surface area contributed by atoms with E-state index in [9.17, 15) is 14.4 Å². The van der Waals surface area contributed by atoms with Crippen molar-refractivity contribution >= 4 is 12.0 Å². The second-order valence-electron chi connectivity index (χ2n) is 4.86. The summed E-state index contributed by atoms with van der Waals surface area (Å²) >= 11 is 0. The fourth-order valence-electron chi connectivity index (χ4n) is 2.28. The summed E-state index contributed by atoms with van der Waals surface area (Å²) in [4.78, 5) is 39.5. The molecule has 1 fully saturated rings. The van der Waals surface area contributed by atoms with Crippen LogP contribution in [-0.2, 0) is 4.74 Å². The molecule has 0 unspecified atom stereocenters. The van der Waals surface area contributed by atoms with Crippen LogP contribution >= 0.6 is 0 Å². The molecule has 7 heteroatoms. The lowest BCUT2D eigenvalue weighted by molar-refractivity contribution is 0.0859. The molecule has 2 N–H and O–H groups in total. The Balaban J connectivity index is 1.86. The molecule has 0 aliphatic carbocycles. The number of nitrogens with one attached hydrogen (secondary N) is 2. The Hall–Kier alpha value is -2.31. The molecule has 114 valence electrons. The highest BCUT2D eigenvalue weighted by Gasteiger charge is 2.25. The van der Waals surface area contributed by atoms with E-state index >= 15 is 0 Å². The Kier molecular flexibility index (Phi) is 4.97. The lowest BCUT2D eigenvalue weighted by atomic mass is 10.0. The summed E-state index contributed by atoms with van der Waals surface area (Å²) in [5, 5.41) is 2.83. The molecule has 1 saturated heterocycles. The number of ether oxygens (including phenoxy) is 1. The van der Waals surface area contributed by atoms with Gasteiger partial charge in [0.1, 0.15) is 5.56 Å². The number of H-pyrrole nitrogens is 1. The third kappa shape index (κ3) is 3.84. The molecule has 0 bridgehead atoms. The molecule has 0 radical (unpaired) electrons. The smallest absolute Gasteiger partial charge is 0.409 e. The van der Waals surface area contributed by atoms with Crippen molar-refractivity contribution in [1.82, 2.24) is 15.2 Å². The van der Waals surface area contributed by atoms with Gasteiger partial charge in [-0.15, -0.1) is 0 Å². The predicted molar refractivity (Wildman–Crippen MR) is 76.1 cm³/mol. The Morgan fingerprint density at radius 3 is 2.76 bits per heavy atom. The van der Waals surface area contributed by atoms with Crippen LogP contribution in [0.25, 0.3) is 0 Å². The van der Waals surface area contributed by atoms with Gasteiger partial charge in [0.2, 0.25) is 0 Å². The molecule has 1 aromatic heterocycles. The monoisotopic (exact) mass is 293 g/mol. The number of amides is 2. The first kappa shape index (κ1) is 15.1. The molecule has 21 heavy (non-hydrogen) atoms. The zero-order valence-electron chi connectivity index (χ0n) is 11.9. The lowest BCUT2D eigenvalue weighted by Crippen LogP contribution is -2.47. The van der Waals surface area contributed by atoms with Gasteiger partial charge in [0, 0.05) is 37.6 Å². The van der Waals surface area contributed by atoms with E-state index in [4.69, 9.17) is 4.74 Å². The van der Waals surface area contributed by atoms with Crippen molar-refractivity contribution in [3.8, 4) is 0 Å². The average molecular weight is 293 g/mol. The highest BCUT2D eigenvalue weighted by molar-refractivity contribution is 5.93. The highest BCUT2D eigenvalue weighted by atomic mass is 16.6. The van der Waals surface area contributed by atoms with Gasteiger partial charge in [-0.05, 0) is 19.8 Å². The minimum Gasteiger partial charge on any atom is -0.450 e. The van der Waals surface area contributed by atoms with Crippen LogP contribution in [0.15, 0.2) is 23.3 Å². The predicted octanol–water partition coefficient (Wildman–Crippen LogP) is 0.726. The van der Waals surface area contributed by atoms with Crippen LogP contribution in [0.4, 0.5) is 4.79 Å². The molecule has 7 nitrogen and oxygen atoms in total. The first-order chi connectivity index (χ1) is 10.1. The van der Waals surface area contributed by atoms with Crippen molar-refractivity contribution in [3.63, 3.8) is 0 Å². The Bertz CT molecular complexity index is 561. The third-order valence-electron chi connectivity index (χ3n) is 3.42. The first-order valence-electron chi connectivity index (χ1n) is 7.01. The number of rotatable bonds is 3. The molecule has 0 atom stereocenters. The fourth-order valence-corrected chi connectivity index (χ4v) is 2.28. The number of piperidine rings is 1. The number of pyridine rings is 1. The van der Waals surface area contributed by atoms with Gasteiger partial charge >= 0.3 is 6.09 Å². The number of aromatic amines is 1. The third-order valence-corrected chi connectivity index (χ3v) is 3.42. The lowest BCUT2D eigenvalue weighted by Gasteiger charge is -2.31. The quantitative estimate of drug-likeness (QED) is 0.859. The molecular weight excluding hydrogens is 274 g/mol. The normalized spacial score (nSPS) is 15.6. The summed E-state index contributed by atoms with van der Waals surface area (Å²) < 4.78 is 4.94. The van der Waals surface area contributed by atoms with Crippen LogP contribution in [0.1, 0.15) is 30.1 Å². The van der Waals surface area contributed by atoms with E-state index in [0.717, 1.165) is 0 Å². The van der Waals surface area contributed by atoms with E-state index in [1.807, 2.05) is 0 Å². The van der Waals surface area contributed by atoms with Crippen molar-refractivity contribution in [2.24, 2.45) is 0 Å². The van der Waals surface area contributed by atoms with E-state index in [1.54, 1.807) is 11.8 Å². The molecule has 1 aromatic rings. The average Bonchev–Trinajstić information content (AvgIpc) is 2.48. The maximum Gasteiger partial charge on any atom is 0.409 e. The molecule has 0 saturated carbocycles. The minimum absolute atomic E-state index is 0.0391. The molecular formula is C14H19N3O4. The van der Waals surface area contributed by atoms with Gasteiger partial charge in [-0.1, -0.05) is 0 Å². The molecule has 2 heterocycles. The van der Waals surface area contributed by atoms with E-state index in [-0.39, 0.29) is 29.0 Å². The van der Waals surface area contributed by atoms with Crippen LogP contribution in [-0.4, -0.2) is 47.6 Å². The molecule has 1 aliphatic rings. The second-order valence-corrected chi connectivity index (χ2v) is 4.86. The van der Waals surface area contributed by atoms with Crippen molar-refractivity contribution in [3.05, 3.63) is 34.2 Å². The van der Waals surface area contributed by atoms with Gasteiger partial charge in [-0.3, -0.25) is 9.59 Å². The second kappa shape index (κ2) is 6.92. The number of carbonyl (C=O) groups is 2. The largest absolute Gasteiger partial charge is 0.450 e. The van der Waals surface area contributed by atoms with Crippen LogP contribution in [0.2, 0.25) is 0 Å². The van der Waals surface area contributed by atoms with Crippen molar-refractivity contribution in [2.75, 3.05) is 19.7 Å². The van der Waals surface area contributed by atoms with Gasteiger partial charge in [-0.2, -0.15) is 0 Å². The SMILES string of the molecule is CCOC(=O)N1CCC(NC(=O)c2c[nH]ccc2=O)CC1. The zero-order valence-corrected chi connectivity index (χ0v) is 11.9. The van der Waals surface area contributed by atoms with Crippen molar-refractivity contribution in [1.29, 1.82) is 0 Å². The number of likely N-dealkylation sites (tertiary alicyclic amines) is 1. The summed E-state index contributed by atoms with van der Waals surface area (Å²) in [6.45, 7) is 3.19. The van der Waals surface area contributed by atoms with Crippen LogP contribution in [0.5, 0.6) is 0 Å². The highest BCUT2D eigenvalue weighted by Crippen LogP contribution is 2.11. The summed E-state index contributed by atoms with van der Waals surface area (Å²) in [6.07, 6.45) is 3.86. The van der Waals surface area contributed by atoms with Gasteiger partial charge in [0.15, 0.2) is 5.43 Å². The summed E-state index contributed by atoms with van der Waals surface area (Å²) in [5.74, 6) is -0.383. The van der Waals surface area contributed by atoms with E-state index in [1.165, 1.54) is 18.5 Å². The number of hydrogen-bond acceptors (Lipinski definition) is 4. The van der Waals surface area contributed by atoms with E-state index < -0.39 is 0 Å². The number of carbonyl (C=O) groups excluding carboxylic acids is 2. The summed E-state index contributed by atoms with van der Waals surface area (Å²) in [7, 11) is 0. The Labute approximate surface area is 122 Å². The van der Waals surface area contributed by atoms with Crippen LogP contribution < -0.4 is 10.7 Å². The Morgan fingerprint density at radius 1 is 1.43 bits per heavy atom. The maximum absolute atomic E-state index is 12.0. The van der Waals surface area contributed by atoms with E-state index in [0.29, 0.717) is 32.5 Å². The molecule has 1 aliphatic heterocycles.